The third-order valence-corrected chi connectivity index (χ3v) is 3.04. The highest BCUT2D eigenvalue weighted by molar-refractivity contribution is 5.55. The van der Waals surface area contributed by atoms with Crippen molar-refractivity contribution in [3.63, 3.8) is 0 Å². The van der Waals surface area contributed by atoms with E-state index < -0.39 is 0 Å². The van der Waals surface area contributed by atoms with Gasteiger partial charge in [-0.1, -0.05) is 6.07 Å². The van der Waals surface area contributed by atoms with E-state index >= 15 is 0 Å². The topological polar surface area (TPSA) is 42.2 Å². The molecule has 0 aliphatic heterocycles. The number of pyridine rings is 1. The molecule has 2 aromatic rings. The predicted molar refractivity (Wildman–Crippen MR) is 76.7 cm³/mol. The van der Waals surface area contributed by atoms with Crippen LogP contribution < -0.4 is 10.6 Å². The van der Waals surface area contributed by atoms with Gasteiger partial charge in [-0.3, -0.25) is 4.98 Å². The van der Waals surface area contributed by atoms with Crippen LogP contribution >= 0.6 is 0 Å². The van der Waals surface area contributed by atoms with Crippen LogP contribution in [0, 0.1) is 0 Å². The Balaban J connectivity index is 2.02. The minimum atomic E-state index is 0.815. The van der Waals surface area contributed by atoms with Crippen LogP contribution in [0.2, 0.25) is 0 Å². The van der Waals surface area contributed by atoms with Crippen LogP contribution in [0.15, 0.2) is 48.8 Å². The minimum absolute atomic E-state index is 0.815. The molecule has 2 rings (SSSR count). The molecule has 0 fully saturated rings. The van der Waals surface area contributed by atoms with E-state index in [2.05, 4.69) is 35.0 Å². The highest BCUT2D eigenvalue weighted by Gasteiger charge is 2.04. The van der Waals surface area contributed by atoms with Crippen molar-refractivity contribution in [2.24, 2.45) is 0 Å². The number of hydrogen-bond acceptors (Lipinski definition) is 3. The zero-order valence-corrected chi connectivity index (χ0v) is 10.7. The Morgan fingerprint density at radius 2 is 1.94 bits per heavy atom. The summed E-state index contributed by atoms with van der Waals surface area (Å²) in [5.41, 5.74) is 9.14. The first-order valence-corrected chi connectivity index (χ1v) is 6.29. The fourth-order valence-corrected chi connectivity index (χ4v) is 2.00. The highest BCUT2D eigenvalue weighted by Crippen LogP contribution is 2.17. The van der Waals surface area contributed by atoms with Crippen LogP contribution in [0.1, 0.15) is 12.5 Å². The molecule has 1 aromatic heterocycles. The molecule has 3 nitrogen and oxygen atoms in total. The normalized spacial score (nSPS) is 10.3. The van der Waals surface area contributed by atoms with E-state index in [0.29, 0.717) is 0 Å². The Kier molecular flexibility index (Phi) is 4.18. The third kappa shape index (κ3) is 3.23. The van der Waals surface area contributed by atoms with E-state index in [1.807, 2.05) is 30.6 Å². The van der Waals surface area contributed by atoms with Gasteiger partial charge in [-0.15, -0.1) is 0 Å². The van der Waals surface area contributed by atoms with Crippen molar-refractivity contribution >= 4 is 11.4 Å². The summed E-state index contributed by atoms with van der Waals surface area (Å²) in [7, 11) is 0. The predicted octanol–water partition coefficient (Wildman–Crippen LogP) is 2.73. The lowest BCUT2D eigenvalue weighted by Crippen LogP contribution is -2.25. The molecule has 0 atom stereocenters. The van der Waals surface area contributed by atoms with Gasteiger partial charge in [0.1, 0.15) is 0 Å². The molecule has 18 heavy (non-hydrogen) atoms. The van der Waals surface area contributed by atoms with Gasteiger partial charge in [-0.05, 0) is 49.2 Å². The SMILES string of the molecule is CCN(CCc1ccncc1)c1cccc(N)c1. The van der Waals surface area contributed by atoms with E-state index in [1.54, 1.807) is 0 Å². The van der Waals surface area contributed by atoms with E-state index in [0.717, 1.165) is 25.2 Å². The number of benzene rings is 1. The molecule has 0 spiro atoms. The van der Waals surface area contributed by atoms with Gasteiger partial charge in [-0.2, -0.15) is 0 Å². The lowest BCUT2D eigenvalue weighted by Gasteiger charge is -2.23. The van der Waals surface area contributed by atoms with Crippen LogP contribution in [0.4, 0.5) is 11.4 Å². The minimum Gasteiger partial charge on any atom is -0.399 e. The summed E-state index contributed by atoms with van der Waals surface area (Å²) < 4.78 is 0. The first kappa shape index (κ1) is 12.4. The number of nitrogens with two attached hydrogens (primary N) is 1. The number of rotatable bonds is 5. The van der Waals surface area contributed by atoms with Crippen molar-refractivity contribution < 1.29 is 0 Å². The molecule has 1 heterocycles. The molecule has 0 radical (unpaired) electrons. The van der Waals surface area contributed by atoms with Crippen LogP contribution in [-0.4, -0.2) is 18.1 Å². The molecule has 0 amide bonds. The van der Waals surface area contributed by atoms with Gasteiger partial charge in [0.2, 0.25) is 0 Å². The fourth-order valence-electron chi connectivity index (χ4n) is 2.00. The van der Waals surface area contributed by atoms with E-state index in [4.69, 9.17) is 5.73 Å². The Morgan fingerprint density at radius 1 is 1.17 bits per heavy atom. The van der Waals surface area contributed by atoms with Gasteiger partial charge in [-0.25, -0.2) is 0 Å². The number of aromatic nitrogens is 1. The molecule has 0 aliphatic rings. The maximum atomic E-state index is 5.82. The summed E-state index contributed by atoms with van der Waals surface area (Å²) in [5.74, 6) is 0. The van der Waals surface area contributed by atoms with Crippen molar-refractivity contribution in [3.8, 4) is 0 Å². The molecular weight excluding hydrogens is 222 g/mol. The van der Waals surface area contributed by atoms with E-state index in [-0.39, 0.29) is 0 Å². The van der Waals surface area contributed by atoms with Crippen LogP contribution in [0.25, 0.3) is 0 Å². The first-order valence-electron chi connectivity index (χ1n) is 6.29. The average molecular weight is 241 g/mol. The zero-order valence-electron chi connectivity index (χ0n) is 10.7. The number of hydrogen-bond donors (Lipinski definition) is 1. The monoisotopic (exact) mass is 241 g/mol. The van der Waals surface area contributed by atoms with Crippen molar-refractivity contribution in [3.05, 3.63) is 54.4 Å². The second-order valence-corrected chi connectivity index (χ2v) is 4.28. The Bertz CT molecular complexity index is 482. The summed E-state index contributed by atoms with van der Waals surface area (Å²) in [5, 5.41) is 0. The molecule has 0 saturated heterocycles. The lowest BCUT2D eigenvalue weighted by molar-refractivity contribution is 0.808. The van der Waals surface area contributed by atoms with Crippen molar-refractivity contribution in [1.29, 1.82) is 0 Å². The molecule has 0 bridgehead atoms. The number of nitrogens with zero attached hydrogens (tertiary/aromatic N) is 2. The molecule has 0 aliphatic carbocycles. The number of nitrogen functional groups attached to an aromatic ring is 1. The largest absolute Gasteiger partial charge is 0.399 e. The quantitative estimate of drug-likeness (QED) is 0.818. The maximum absolute atomic E-state index is 5.82. The summed E-state index contributed by atoms with van der Waals surface area (Å²) in [4.78, 5) is 6.36. The van der Waals surface area contributed by atoms with Crippen LogP contribution in [0.3, 0.4) is 0 Å². The van der Waals surface area contributed by atoms with Crippen LogP contribution in [0.5, 0.6) is 0 Å². The second kappa shape index (κ2) is 6.05. The van der Waals surface area contributed by atoms with Crippen molar-refractivity contribution in [1.82, 2.24) is 4.98 Å². The number of likely N-dealkylation sites (N-methyl/N-ethyl adjacent to an activating group) is 1. The van der Waals surface area contributed by atoms with Gasteiger partial charge in [0.15, 0.2) is 0 Å². The van der Waals surface area contributed by atoms with Gasteiger partial charge in [0.25, 0.3) is 0 Å². The molecule has 0 unspecified atom stereocenters. The summed E-state index contributed by atoms with van der Waals surface area (Å²) in [6.07, 6.45) is 4.70. The summed E-state index contributed by atoms with van der Waals surface area (Å²) in [6, 6.07) is 12.2. The summed E-state index contributed by atoms with van der Waals surface area (Å²) >= 11 is 0. The van der Waals surface area contributed by atoms with Crippen LogP contribution in [-0.2, 0) is 6.42 Å². The first-order chi connectivity index (χ1) is 8.79. The molecule has 3 heteroatoms. The zero-order chi connectivity index (χ0) is 12.8. The number of anilines is 2. The molecule has 1 aromatic carbocycles. The van der Waals surface area contributed by atoms with Gasteiger partial charge < -0.3 is 10.6 Å². The van der Waals surface area contributed by atoms with Crippen molar-refractivity contribution in [2.45, 2.75) is 13.3 Å². The average Bonchev–Trinajstić information content (AvgIpc) is 2.41. The van der Waals surface area contributed by atoms with Gasteiger partial charge in [0, 0.05) is 36.9 Å². The smallest absolute Gasteiger partial charge is 0.0386 e. The fraction of sp³-hybridized carbons (Fsp3) is 0.267. The Morgan fingerprint density at radius 3 is 2.61 bits per heavy atom. The Hall–Kier alpha value is -2.03. The maximum Gasteiger partial charge on any atom is 0.0386 e. The van der Waals surface area contributed by atoms with Gasteiger partial charge in [0.05, 0.1) is 0 Å². The molecule has 94 valence electrons. The molecule has 0 saturated carbocycles. The second-order valence-electron chi connectivity index (χ2n) is 4.28. The van der Waals surface area contributed by atoms with Gasteiger partial charge >= 0.3 is 0 Å². The van der Waals surface area contributed by atoms with E-state index in [1.165, 1.54) is 11.3 Å². The standard InChI is InChI=1S/C15H19N3/c1-2-18(15-5-3-4-14(16)12-15)11-8-13-6-9-17-10-7-13/h3-7,9-10,12H,2,8,11,16H2,1H3. The Labute approximate surface area is 108 Å². The lowest BCUT2D eigenvalue weighted by atomic mass is 10.2. The summed E-state index contributed by atoms with van der Waals surface area (Å²) in [6.45, 7) is 4.13. The molecular formula is C15H19N3. The highest BCUT2D eigenvalue weighted by atomic mass is 15.1. The van der Waals surface area contributed by atoms with Crippen molar-refractivity contribution in [2.75, 3.05) is 23.7 Å². The third-order valence-electron chi connectivity index (χ3n) is 3.04. The molecule has 2 N–H and O–H groups in total. The van der Waals surface area contributed by atoms with E-state index in [9.17, 15) is 0 Å².